The zero-order valence-corrected chi connectivity index (χ0v) is 14.9. The monoisotopic (exact) mass is 425 g/mol. The van der Waals surface area contributed by atoms with E-state index in [4.69, 9.17) is 4.42 Å². The van der Waals surface area contributed by atoms with Gasteiger partial charge in [0.05, 0.1) is 28.8 Å². The Morgan fingerprint density at radius 2 is 2.07 bits per heavy atom. The van der Waals surface area contributed by atoms with E-state index in [1.54, 1.807) is 0 Å². The summed E-state index contributed by atoms with van der Waals surface area (Å²) in [4.78, 5) is 8.76. The highest BCUT2D eigenvalue weighted by Crippen LogP contribution is 2.38. The van der Waals surface area contributed by atoms with Crippen molar-refractivity contribution in [3.05, 3.63) is 59.3 Å². The van der Waals surface area contributed by atoms with E-state index in [0.29, 0.717) is 12.1 Å². The number of alkyl halides is 5. The van der Waals surface area contributed by atoms with E-state index in [9.17, 15) is 22.0 Å². The largest absolute Gasteiger partial charge is 0.418 e. The maximum atomic E-state index is 13.4. The Hall–Kier alpha value is -3.51. The van der Waals surface area contributed by atoms with E-state index in [-0.39, 0.29) is 23.8 Å². The van der Waals surface area contributed by atoms with E-state index >= 15 is 0 Å². The molecule has 1 N–H and O–H groups in total. The van der Waals surface area contributed by atoms with Crippen molar-refractivity contribution in [1.82, 2.24) is 29.8 Å². The molecule has 1 aliphatic rings. The van der Waals surface area contributed by atoms with Crippen LogP contribution in [0.15, 0.2) is 35.1 Å². The quantitative estimate of drug-likeness (QED) is 0.505. The molecule has 13 heteroatoms. The van der Waals surface area contributed by atoms with Gasteiger partial charge < -0.3 is 14.3 Å². The van der Waals surface area contributed by atoms with E-state index in [1.165, 1.54) is 29.6 Å². The maximum absolute atomic E-state index is 13.4. The predicted octanol–water partition coefficient (Wildman–Crippen LogP) is 3.55. The number of imidazole rings is 1. The number of pyridine rings is 1. The molecule has 0 fully saturated rings. The Labute approximate surface area is 164 Å². The molecular weight excluding hydrogens is 413 g/mol. The first-order valence-corrected chi connectivity index (χ1v) is 8.79. The Morgan fingerprint density at radius 1 is 1.23 bits per heavy atom. The van der Waals surface area contributed by atoms with Crippen LogP contribution in [0.2, 0.25) is 0 Å². The molecule has 0 bridgehead atoms. The van der Waals surface area contributed by atoms with Crippen LogP contribution >= 0.6 is 0 Å². The van der Waals surface area contributed by atoms with Gasteiger partial charge in [-0.2, -0.15) is 27.1 Å². The lowest BCUT2D eigenvalue weighted by Crippen LogP contribution is -2.36. The van der Waals surface area contributed by atoms with Crippen LogP contribution in [-0.4, -0.2) is 36.3 Å². The van der Waals surface area contributed by atoms with Crippen LogP contribution in [-0.2, 0) is 12.6 Å². The molecule has 0 saturated heterocycles. The fourth-order valence-electron chi connectivity index (χ4n) is 3.62. The average molecular weight is 425 g/mol. The van der Waals surface area contributed by atoms with Gasteiger partial charge in [0.2, 0.25) is 0 Å². The molecule has 0 radical (unpaired) electrons. The van der Waals surface area contributed by atoms with Crippen molar-refractivity contribution in [2.24, 2.45) is 0 Å². The molecule has 156 valence electrons. The number of fused-ring (bicyclic) bond motifs is 2. The normalized spacial score (nSPS) is 17.1. The number of rotatable bonds is 3. The summed E-state index contributed by atoms with van der Waals surface area (Å²) in [6.07, 6.45) is -4.19. The van der Waals surface area contributed by atoms with Gasteiger partial charge in [-0.25, -0.2) is 9.50 Å². The number of hydrogen-bond acceptors (Lipinski definition) is 6. The van der Waals surface area contributed by atoms with Crippen LogP contribution in [0.25, 0.3) is 5.52 Å². The molecule has 1 unspecified atom stereocenters. The molecule has 4 aromatic rings. The van der Waals surface area contributed by atoms with Crippen molar-refractivity contribution in [2.75, 3.05) is 11.4 Å². The minimum absolute atomic E-state index is 0.138. The number of halogens is 5. The molecule has 8 nitrogen and oxygen atoms in total. The summed E-state index contributed by atoms with van der Waals surface area (Å²) in [7, 11) is 0. The molecule has 5 rings (SSSR count). The summed E-state index contributed by atoms with van der Waals surface area (Å²) in [5, 5.41) is 11.3. The SMILES string of the molecule is FC(F)c1nnc(N2CCc3[nH]cnc3C2c2cc3c(C(F)(F)F)cccn3n2)o1. The highest BCUT2D eigenvalue weighted by atomic mass is 19.4. The first-order valence-electron chi connectivity index (χ1n) is 8.79. The smallest absolute Gasteiger partial charge is 0.402 e. The predicted molar refractivity (Wildman–Crippen MR) is 90.9 cm³/mol. The molecule has 0 amide bonds. The fraction of sp³-hybridized carbons (Fsp3) is 0.294. The summed E-state index contributed by atoms with van der Waals surface area (Å²) in [5.74, 6) is -0.842. The Balaban J connectivity index is 1.65. The number of hydrogen-bond donors (Lipinski definition) is 1. The summed E-state index contributed by atoms with van der Waals surface area (Å²) in [6, 6.07) is 2.53. The second-order valence-electron chi connectivity index (χ2n) is 6.65. The van der Waals surface area contributed by atoms with E-state index in [1.807, 2.05) is 0 Å². The average Bonchev–Trinajstić information content (AvgIpc) is 3.43. The van der Waals surface area contributed by atoms with E-state index < -0.39 is 30.1 Å². The van der Waals surface area contributed by atoms with Gasteiger partial charge in [-0.05, 0) is 18.2 Å². The van der Waals surface area contributed by atoms with Crippen molar-refractivity contribution in [1.29, 1.82) is 0 Å². The number of H-pyrrole nitrogens is 1. The lowest BCUT2D eigenvalue weighted by atomic mass is 10.00. The number of nitrogens with zero attached hydrogens (tertiary/aromatic N) is 6. The van der Waals surface area contributed by atoms with Crippen molar-refractivity contribution >= 4 is 11.5 Å². The molecule has 0 saturated carbocycles. The molecule has 1 atom stereocenters. The lowest BCUT2D eigenvalue weighted by Gasteiger charge is -2.32. The zero-order valence-electron chi connectivity index (χ0n) is 14.9. The van der Waals surface area contributed by atoms with Gasteiger partial charge in [0, 0.05) is 24.9 Å². The summed E-state index contributed by atoms with van der Waals surface area (Å²) in [5.41, 5.74) is 0.511. The summed E-state index contributed by atoms with van der Waals surface area (Å²) >= 11 is 0. The number of aromatic nitrogens is 6. The summed E-state index contributed by atoms with van der Waals surface area (Å²) in [6.45, 7) is 0.282. The number of nitrogens with one attached hydrogen (secondary N) is 1. The molecule has 0 spiro atoms. The Morgan fingerprint density at radius 3 is 2.80 bits per heavy atom. The zero-order chi connectivity index (χ0) is 21.0. The maximum Gasteiger partial charge on any atom is 0.418 e. The van der Waals surface area contributed by atoms with Crippen LogP contribution in [0.4, 0.5) is 28.0 Å². The van der Waals surface area contributed by atoms with Gasteiger partial charge >= 0.3 is 18.6 Å². The first kappa shape index (κ1) is 18.5. The standard InChI is InChI=1S/C17H12F5N7O/c18-14(19)15-25-26-16(30-15)28-5-3-9-12(24-7-23-9)13(28)10-6-11-8(17(20,21)22)2-1-4-29(11)27-10/h1-2,4,6-7,13-14H,3,5H2,(H,23,24). The van der Waals surface area contributed by atoms with E-state index in [0.717, 1.165) is 16.3 Å². The minimum atomic E-state index is -4.57. The minimum Gasteiger partial charge on any atom is -0.402 e. The second-order valence-corrected chi connectivity index (χ2v) is 6.65. The van der Waals surface area contributed by atoms with E-state index in [2.05, 4.69) is 25.3 Å². The third-order valence-corrected chi connectivity index (χ3v) is 4.89. The van der Waals surface area contributed by atoms with Crippen molar-refractivity contribution in [3.8, 4) is 0 Å². The number of aromatic amines is 1. The van der Waals surface area contributed by atoms with Crippen LogP contribution < -0.4 is 4.90 Å². The highest BCUT2D eigenvalue weighted by Gasteiger charge is 2.38. The second kappa shape index (κ2) is 6.50. The van der Waals surface area contributed by atoms with Crippen molar-refractivity contribution < 1.29 is 26.4 Å². The van der Waals surface area contributed by atoms with Crippen LogP contribution in [0.1, 0.15) is 41.0 Å². The first-order chi connectivity index (χ1) is 14.3. The number of anilines is 1. The molecule has 5 heterocycles. The molecule has 0 aliphatic carbocycles. The summed E-state index contributed by atoms with van der Waals surface area (Å²) < 4.78 is 72.2. The van der Waals surface area contributed by atoms with Crippen LogP contribution in [0.3, 0.4) is 0 Å². The Bertz CT molecular complexity index is 1210. The van der Waals surface area contributed by atoms with Crippen molar-refractivity contribution in [2.45, 2.75) is 25.1 Å². The van der Waals surface area contributed by atoms with Crippen molar-refractivity contribution in [3.63, 3.8) is 0 Å². The molecule has 0 aromatic carbocycles. The van der Waals surface area contributed by atoms with Gasteiger partial charge in [-0.1, -0.05) is 5.10 Å². The molecular formula is C17H12F5N7O. The molecule has 30 heavy (non-hydrogen) atoms. The van der Waals surface area contributed by atoms with Gasteiger partial charge in [0.15, 0.2) is 0 Å². The van der Waals surface area contributed by atoms with Gasteiger partial charge in [0.1, 0.15) is 6.04 Å². The molecule has 1 aliphatic heterocycles. The molecule has 4 aromatic heterocycles. The Kier molecular flexibility index (Phi) is 4.01. The lowest BCUT2D eigenvalue weighted by molar-refractivity contribution is -0.136. The van der Waals surface area contributed by atoms with Gasteiger partial charge in [0.25, 0.3) is 5.89 Å². The van der Waals surface area contributed by atoms with Crippen LogP contribution in [0.5, 0.6) is 0 Å². The fourth-order valence-corrected chi connectivity index (χ4v) is 3.62. The van der Waals surface area contributed by atoms with Gasteiger partial charge in [-0.15, -0.1) is 5.10 Å². The highest BCUT2D eigenvalue weighted by molar-refractivity contribution is 5.58. The van der Waals surface area contributed by atoms with Gasteiger partial charge in [-0.3, -0.25) is 0 Å². The third kappa shape index (κ3) is 2.88. The third-order valence-electron chi connectivity index (χ3n) is 4.89. The van der Waals surface area contributed by atoms with Crippen LogP contribution in [0, 0.1) is 0 Å². The topological polar surface area (TPSA) is 88.1 Å².